The molecule has 0 spiro atoms. The predicted octanol–water partition coefficient (Wildman–Crippen LogP) is 5.12. The van der Waals surface area contributed by atoms with Crippen LogP contribution in [0.1, 0.15) is 21.0 Å². The summed E-state index contributed by atoms with van der Waals surface area (Å²) in [6.07, 6.45) is 1.56. The smallest absolute Gasteiger partial charge is 0.261 e. The van der Waals surface area contributed by atoms with Gasteiger partial charge in [-0.1, -0.05) is 6.07 Å². The van der Waals surface area contributed by atoms with Gasteiger partial charge in [0.05, 0.1) is 24.2 Å². The first kappa shape index (κ1) is 21.8. The van der Waals surface area contributed by atoms with Crippen molar-refractivity contribution in [1.82, 2.24) is 4.90 Å². The number of rotatable bonds is 8. The monoisotopic (exact) mass is 470 g/mol. The molecule has 2 aromatic carbocycles. The summed E-state index contributed by atoms with van der Waals surface area (Å²) in [5.41, 5.74) is 0.708. The highest BCUT2D eigenvalue weighted by atomic mass is 32.2. The lowest BCUT2D eigenvalue weighted by Gasteiger charge is -2.21. The molecule has 0 bridgehead atoms. The van der Waals surface area contributed by atoms with E-state index in [2.05, 4.69) is 4.72 Å². The lowest BCUT2D eigenvalue weighted by Crippen LogP contribution is -2.29. The molecule has 4 rings (SSSR count). The summed E-state index contributed by atoms with van der Waals surface area (Å²) in [4.78, 5) is 15.8. The Morgan fingerprint density at radius 3 is 2.34 bits per heavy atom. The number of hydrogen-bond donors (Lipinski definition) is 1. The van der Waals surface area contributed by atoms with Crippen LogP contribution in [0.5, 0.6) is 0 Å². The standard InChI is InChI=1S/C23H19FN2O4S2/c24-18-7-11-22(12-8-18)32(28,29)25-19-9-5-17(6-10-19)23(27)26(15-20-3-1-13-30-20)16-21-4-2-14-31-21/h1-14,25H,15-16H2. The summed E-state index contributed by atoms with van der Waals surface area (Å²) in [6, 6.07) is 18.2. The molecule has 0 unspecified atom stereocenters. The van der Waals surface area contributed by atoms with Gasteiger partial charge < -0.3 is 9.32 Å². The highest BCUT2D eigenvalue weighted by molar-refractivity contribution is 7.92. The minimum atomic E-state index is -3.87. The van der Waals surface area contributed by atoms with E-state index in [1.165, 1.54) is 24.3 Å². The second-order valence-corrected chi connectivity index (χ2v) is 9.67. The van der Waals surface area contributed by atoms with Gasteiger partial charge in [0.2, 0.25) is 0 Å². The Labute approximate surface area is 189 Å². The van der Waals surface area contributed by atoms with Gasteiger partial charge in [-0.25, -0.2) is 12.8 Å². The van der Waals surface area contributed by atoms with Crippen LogP contribution in [0.2, 0.25) is 0 Å². The number of hydrogen-bond acceptors (Lipinski definition) is 5. The zero-order valence-corrected chi connectivity index (χ0v) is 18.4. The van der Waals surface area contributed by atoms with Gasteiger partial charge in [-0.15, -0.1) is 11.3 Å². The number of anilines is 1. The summed E-state index contributed by atoms with van der Waals surface area (Å²) >= 11 is 1.56. The average molecular weight is 471 g/mol. The van der Waals surface area contributed by atoms with Crippen molar-refractivity contribution in [1.29, 1.82) is 0 Å². The molecule has 0 saturated heterocycles. The van der Waals surface area contributed by atoms with Crippen molar-refractivity contribution in [2.75, 3.05) is 4.72 Å². The van der Waals surface area contributed by atoms with Gasteiger partial charge in [-0.3, -0.25) is 9.52 Å². The van der Waals surface area contributed by atoms with Crippen LogP contribution in [-0.2, 0) is 23.1 Å². The number of nitrogens with one attached hydrogen (secondary N) is 1. The third-order valence-electron chi connectivity index (χ3n) is 4.65. The van der Waals surface area contributed by atoms with E-state index in [1.54, 1.807) is 40.7 Å². The molecular weight excluding hydrogens is 451 g/mol. The highest BCUT2D eigenvalue weighted by Gasteiger charge is 2.19. The van der Waals surface area contributed by atoms with Crippen LogP contribution >= 0.6 is 11.3 Å². The first-order chi connectivity index (χ1) is 15.4. The normalized spacial score (nSPS) is 11.3. The van der Waals surface area contributed by atoms with Crippen molar-refractivity contribution in [2.45, 2.75) is 18.0 Å². The molecular formula is C23H19FN2O4S2. The molecule has 32 heavy (non-hydrogen) atoms. The predicted molar refractivity (Wildman–Crippen MR) is 120 cm³/mol. The molecule has 4 aromatic rings. The Morgan fingerprint density at radius 2 is 1.72 bits per heavy atom. The van der Waals surface area contributed by atoms with E-state index in [4.69, 9.17) is 4.42 Å². The zero-order chi connectivity index (χ0) is 22.6. The van der Waals surface area contributed by atoms with Gasteiger partial charge in [-0.2, -0.15) is 0 Å². The fraction of sp³-hybridized carbons (Fsp3) is 0.0870. The van der Waals surface area contributed by atoms with Crippen molar-refractivity contribution in [3.05, 3.63) is 106 Å². The van der Waals surface area contributed by atoms with Crippen LogP contribution in [0.25, 0.3) is 0 Å². The molecule has 9 heteroatoms. The molecule has 2 heterocycles. The van der Waals surface area contributed by atoms with E-state index in [0.717, 1.165) is 17.0 Å². The van der Waals surface area contributed by atoms with E-state index < -0.39 is 15.8 Å². The Kier molecular flexibility index (Phi) is 6.38. The molecule has 0 atom stereocenters. The third kappa shape index (κ3) is 5.24. The Bertz CT molecular complexity index is 1230. The van der Waals surface area contributed by atoms with Crippen LogP contribution in [-0.4, -0.2) is 19.2 Å². The number of amides is 1. The molecule has 2 aromatic heterocycles. The molecule has 6 nitrogen and oxygen atoms in total. The quantitative estimate of drug-likeness (QED) is 0.387. The first-order valence-corrected chi connectivity index (χ1v) is 12.0. The van der Waals surface area contributed by atoms with Gasteiger partial charge in [0.1, 0.15) is 11.6 Å². The molecule has 0 radical (unpaired) electrons. The topological polar surface area (TPSA) is 79.6 Å². The van der Waals surface area contributed by atoms with Gasteiger partial charge in [0, 0.05) is 16.1 Å². The van der Waals surface area contributed by atoms with Crippen LogP contribution in [0.15, 0.2) is 93.8 Å². The second-order valence-electron chi connectivity index (χ2n) is 6.96. The molecule has 0 aliphatic carbocycles. The largest absolute Gasteiger partial charge is 0.467 e. The summed E-state index contributed by atoms with van der Waals surface area (Å²) in [5.74, 6) is -0.0604. The lowest BCUT2D eigenvalue weighted by atomic mass is 10.1. The van der Waals surface area contributed by atoms with Gasteiger partial charge in [-0.05, 0) is 72.1 Å². The molecule has 1 N–H and O–H groups in total. The lowest BCUT2D eigenvalue weighted by molar-refractivity contribution is 0.0719. The fourth-order valence-electron chi connectivity index (χ4n) is 3.07. The van der Waals surface area contributed by atoms with Crippen LogP contribution in [0.3, 0.4) is 0 Å². The number of sulfonamides is 1. The van der Waals surface area contributed by atoms with Gasteiger partial charge in [0.25, 0.3) is 15.9 Å². The van der Waals surface area contributed by atoms with Crippen LogP contribution < -0.4 is 4.72 Å². The Hall–Kier alpha value is -3.43. The highest BCUT2D eigenvalue weighted by Crippen LogP contribution is 2.20. The number of carbonyl (C=O) groups excluding carboxylic acids is 1. The first-order valence-electron chi connectivity index (χ1n) is 9.63. The van der Waals surface area contributed by atoms with Gasteiger partial charge >= 0.3 is 0 Å². The van der Waals surface area contributed by atoms with Crippen LogP contribution in [0, 0.1) is 5.82 Å². The van der Waals surface area contributed by atoms with Crippen LogP contribution in [0.4, 0.5) is 10.1 Å². The minimum absolute atomic E-state index is 0.0559. The minimum Gasteiger partial charge on any atom is -0.467 e. The summed E-state index contributed by atoms with van der Waals surface area (Å²) in [5, 5.41) is 1.95. The summed E-state index contributed by atoms with van der Waals surface area (Å²) in [6.45, 7) is 0.735. The summed E-state index contributed by atoms with van der Waals surface area (Å²) < 4.78 is 45.9. The van der Waals surface area contributed by atoms with E-state index >= 15 is 0 Å². The average Bonchev–Trinajstić information content (AvgIpc) is 3.48. The van der Waals surface area contributed by atoms with Crippen molar-refractivity contribution in [3.63, 3.8) is 0 Å². The second kappa shape index (κ2) is 9.37. The molecule has 0 saturated carbocycles. The third-order valence-corrected chi connectivity index (χ3v) is 6.91. The molecule has 0 fully saturated rings. The Morgan fingerprint density at radius 1 is 0.969 bits per heavy atom. The summed E-state index contributed by atoms with van der Waals surface area (Å²) in [7, 11) is -3.87. The van der Waals surface area contributed by atoms with E-state index in [-0.39, 0.29) is 10.8 Å². The van der Waals surface area contributed by atoms with E-state index in [9.17, 15) is 17.6 Å². The van der Waals surface area contributed by atoms with Crippen molar-refractivity contribution in [2.24, 2.45) is 0 Å². The number of benzene rings is 2. The maximum Gasteiger partial charge on any atom is 0.261 e. The van der Waals surface area contributed by atoms with Gasteiger partial charge in [0.15, 0.2) is 0 Å². The number of furan rings is 1. The van der Waals surface area contributed by atoms with E-state index in [0.29, 0.717) is 30.1 Å². The van der Waals surface area contributed by atoms with Crippen molar-refractivity contribution in [3.8, 4) is 0 Å². The molecule has 164 valence electrons. The fourth-order valence-corrected chi connectivity index (χ4v) is 4.85. The zero-order valence-electron chi connectivity index (χ0n) is 16.8. The Balaban J connectivity index is 1.50. The maximum absolute atomic E-state index is 13.2. The van der Waals surface area contributed by atoms with Crippen molar-refractivity contribution < 1.29 is 22.0 Å². The van der Waals surface area contributed by atoms with Crippen molar-refractivity contribution >= 4 is 33.0 Å². The molecule has 0 aliphatic rings. The van der Waals surface area contributed by atoms with E-state index in [1.807, 2.05) is 23.6 Å². The number of halogens is 1. The SMILES string of the molecule is O=C(c1ccc(NS(=O)(=O)c2ccc(F)cc2)cc1)N(Cc1ccco1)Cc1cccs1. The number of carbonyl (C=O) groups is 1. The molecule has 0 aliphatic heterocycles. The maximum atomic E-state index is 13.2. The molecule has 1 amide bonds. The number of thiophene rings is 1. The number of nitrogens with zero attached hydrogens (tertiary/aromatic N) is 1.